The second-order valence-corrected chi connectivity index (χ2v) is 17.1. The smallest absolute Gasteiger partial charge is 0.339 e. The van der Waals surface area contributed by atoms with Gasteiger partial charge in [-0.3, -0.25) is 0 Å². The van der Waals surface area contributed by atoms with Crippen LogP contribution >= 0.6 is 0 Å². The van der Waals surface area contributed by atoms with E-state index in [-0.39, 0.29) is 23.0 Å². The topological polar surface area (TPSA) is 298 Å². The predicted octanol–water partition coefficient (Wildman–Crippen LogP) is 11.2. The van der Waals surface area contributed by atoms with Gasteiger partial charge in [0.25, 0.3) is 0 Å². The summed E-state index contributed by atoms with van der Waals surface area (Å²) in [5, 5.41) is 58.1. The summed E-state index contributed by atoms with van der Waals surface area (Å²) < 4.78 is 0. The van der Waals surface area contributed by atoms with Crippen molar-refractivity contribution in [2.75, 3.05) is 22.9 Å². The van der Waals surface area contributed by atoms with Crippen LogP contribution in [0, 0.1) is 10.8 Å². The number of hydrogen-bond acceptors (Lipinski definition) is 10. The maximum atomic E-state index is 11.6. The third-order valence-corrected chi connectivity index (χ3v) is 12.2. The highest BCUT2D eigenvalue weighted by Crippen LogP contribution is 2.39. The standard InChI is InChI=1S/C23H16O6.2C19H17N3.H2O/c24-20-16(14-7-3-1-5-12(14)9-18(20)22(26)27)11-17-15-8-4-2-6-13(15)10-19(21(17)25)23(28)29;2*20-16-7-1-13(2-8-16)19(14-3-9-17(21)10-4-14)15-5-11-18(22)12-6-15;/h1-10,24-25H,11H2,(H,26,27)(H,28,29);2*1-12,20H,21-22H2;1H2. The number of hydrogen-bond donors (Lipinski definition) is 10. The molecule has 8 aromatic carbocycles. The molecule has 2 aliphatic carbocycles. The van der Waals surface area contributed by atoms with Gasteiger partial charge in [-0.1, -0.05) is 121 Å². The number of carboxylic acid groups (broad SMARTS) is 2. The number of allylic oxidation sites excluding steroid dienone is 10. The van der Waals surface area contributed by atoms with E-state index in [1.165, 1.54) is 12.1 Å². The molecule has 0 spiro atoms. The highest BCUT2D eigenvalue weighted by atomic mass is 16.4. The predicted molar refractivity (Wildman–Crippen MR) is 299 cm³/mol. The molecule has 2 aliphatic rings. The Morgan fingerprint density at radius 1 is 0.405 bits per heavy atom. The average molecular weight is 981 g/mol. The van der Waals surface area contributed by atoms with Crippen LogP contribution in [-0.2, 0) is 6.42 Å². The monoisotopic (exact) mass is 980 g/mol. The van der Waals surface area contributed by atoms with Gasteiger partial charge in [-0.05, 0) is 151 Å². The van der Waals surface area contributed by atoms with E-state index in [2.05, 4.69) is 0 Å². The van der Waals surface area contributed by atoms with E-state index in [4.69, 9.17) is 33.8 Å². The van der Waals surface area contributed by atoms with Gasteiger partial charge in [0.05, 0.1) is 11.4 Å². The van der Waals surface area contributed by atoms with Crippen molar-refractivity contribution >= 4 is 78.8 Å². The van der Waals surface area contributed by atoms with E-state index >= 15 is 0 Å². The summed E-state index contributed by atoms with van der Waals surface area (Å²) in [6, 6.07) is 48.0. The van der Waals surface area contributed by atoms with Gasteiger partial charge in [0.1, 0.15) is 22.6 Å². The second kappa shape index (κ2) is 22.7. The number of phenols is 2. The molecule has 0 saturated heterocycles. The van der Waals surface area contributed by atoms with Gasteiger partial charge in [-0.2, -0.15) is 0 Å². The maximum Gasteiger partial charge on any atom is 0.339 e. The van der Waals surface area contributed by atoms with Crippen molar-refractivity contribution in [1.29, 1.82) is 10.8 Å². The third kappa shape index (κ3) is 11.7. The first kappa shape index (κ1) is 51.6. The molecule has 8 aromatic rings. The maximum absolute atomic E-state index is 11.6. The van der Waals surface area contributed by atoms with Crippen LogP contribution in [-0.4, -0.2) is 49.3 Å². The first-order valence-corrected chi connectivity index (χ1v) is 22.9. The Morgan fingerprint density at radius 3 is 0.946 bits per heavy atom. The molecular weight excluding hydrogens is 929 g/mol. The fourth-order valence-corrected chi connectivity index (χ4v) is 8.56. The molecular formula is C61H52N6O7. The van der Waals surface area contributed by atoms with Gasteiger partial charge >= 0.3 is 11.9 Å². The van der Waals surface area contributed by atoms with Crippen LogP contribution in [0.5, 0.6) is 11.5 Å². The Bertz CT molecular complexity index is 3290. The van der Waals surface area contributed by atoms with E-state index < -0.39 is 23.4 Å². The molecule has 0 unspecified atom stereocenters. The van der Waals surface area contributed by atoms with Crippen molar-refractivity contribution in [2.24, 2.45) is 0 Å². The number of nitrogen functional groups attached to an aromatic ring is 4. The Hall–Kier alpha value is -10.2. The SMILES string of the molecule is N=C1C=CC(=C(c2ccc(N)cc2)c2ccc(N)cc2)C=C1.N=C1C=CC(=C(c2ccc(N)cc2)c2ccc(N)cc2)C=C1.O.O=C(O)c1cc2ccccc2c(Cc2c(O)c(C(=O)O)cc3ccccc23)c1O. The van der Waals surface area contributed by atoms with Crippen LogP contribution in [0.25, 0.3) is 32.7 Å². The Balaban J connectivity index is 0.000000163. The minimum atomic E-state index is -1.28. The van der Waals surface area contributed by atoms with Gasteiger partial charge < -0.3 is 59.7 Å². The number of aromatic hydroxyl groups is 2. The van der Waals surface area contributed by atoms with Crippen LogP contribution in [0.2, 0.25) is 0 Å². The number of fused-ring (bicyclic) bond motifs is 2. The highest BCUT2D eigenvalue weighted by molar-refractivity contribution is 6.06. The van der Waals surface area contributed by atoms with Crippen LogP contribution < -0.4 is 22.9 Å². The largest absolute Gasteiger partial charge is 0.507 e. The van der Waals surface area contributed by atoms with Gasteiger partial charge in [-0.15, -0.1) is 0 Å². The summed E-state index contributed by atoms with van der Waals surface area (Å²) in [6.45, 7) is 0. The van der Waals surface area contributed by atoms with Crippen LogP contribution in [0.3, 0.4) is 0 Å². The zero-order valence-electron chi connectivity index (χ0n) is 39.8. The lowest BCUT2D eigenvalue weighted by Gasteiger charge is -2.16. The number of carbonyl (C=O) groups is 2. The average Bonchev–Trinajstić information content (AvgIpc) is 3.39. The molecule has 0 atom stereocenters. The highest BCUT2D eigenvalue weighted by Gasteiger charge is 2.23. The van der Waals surface area contributed by atoms with Crippen molar-refractivity contribution in [3.63, 3.8) is 0 Å². The molecule has 16 N–H and O–H groups in total. The second-order valence-electron chi connectivity index (χ2n) is 17.1. The summed E-state index contributed by atoms with van der Waals surface area (Å²) in [6.07, 6.45) is 15.0. The number of aromatic carboxylic acids is 2. The summed E-state index contributed by atoms with van der Waals surface area (Å²) in [5.74, 6) is -3.36. The van der Waals surface area contributed by atoms with Crippen molar-refractivity contribution in [3.8, 4) is 11.5 Å². The molecule has 10 rings (SSSR count). The van der Waals surface area contributed by atoms with Crippen molar-refractivity contribution in [2.45, 2.75) is 6.42 Å². The molecule has 13 nitrogen and oxygen atoms in total. The first-order valence-electron chi connectivity index (χ1n) is 22.9. The number of carboxylic acids is 2. The Labute approximate surface area is 426 Å². The molecule has 0 radical (unpaired) electrons. The quantitative estimate of drug-likeness (QED) is 0.0642. The summed E-state index contributed by atoms with van der Waals surface area (Å²) >= 11 is 0. The van der Waals surface area contributed by atoms with Crippen LogP contribution in [0.1, 0.15) is 54.1 Å². The number of benzene rings is 8. The zero-order chi connectivity index (χ0) is 51.8. The van der Waals surface area contributed by atoms with Gasteiger partial charge in [-0.25, -0.2) is 9.59 Å². The van der Waals surface area contributed by atoms with Crippen LogP contribution in [0.4, 0.5) is 22.7 Å². The normalized spacial score (nSPS) is 12.3. The number of nitrogens with one attached hydrogen (secondary N) is 2. The molecule has 0 aliphatic heterocycles. The minimum Gasteiger partial charge on any atom is -0.507 e. The molecule has 0 fully saturated rings. The molecule has 368 valence electrons. The van der Waals surface area contributed by atoms with Crippen LogP contribution in [0.15, 0.2) is 217 Å². The van der Waals surface area contributed by atoms with Crippen molar-refractivity contribution in [1.82, 2.24) is 0 Å². The molecule has 0 bridgehead atoms. The van der Waals surface area contributed by atoms with E-state index in [9.17, 15) is 30.0 Å². The fraction of sp³-hybridized carbons (Fsp3) is 0.0164. The summed E-state index contributed by atoms with van der Waals surface area (Å²) in [4.78, 5) is 23.2. The lowest BCUT2D eigenvalue weighted by atomic mass is 9.90. The molecule has 0 amide bonds. The number of nitrogens with two attached hydrogens (primary N) is 4. The summed E-state index contributed by atoms with van der Waals surface area (Å²) in [5.41, 5.74) is 35.9. The molecule has 0 aromatic heterocycles. The van der Waals surface area contributed by atoms with E-state index in [0.717, 1.165) is 67.3 Å². The molecule has 0 heterocycles. The van der Waals surface area contributed by atoms with Gasteiger partial charge in [0.15, 0.2) is 0 Å². The van der Waals surface area contributed by atoms with Crippen molar-refractivity contribution < 1.29 is 35.5 Å². The number of anilines is 4. The minimum absolute atomic E-state index is 0. The van der Waals surface area contributed by atoms with E-state index in [1.54, 1.807) is 72.8 Å². The van der Waals surface area contributed by atoms with Gasteiger partial charge in [0, 0.05) is 40.3 Å². The Kier molecular flexibility index (Phi) is 15.8. The lowest BCUT2D eigenvalue weighted by Crippen LogP contribution is -2.04. The molecule has 13 heteroatoms. The Morgan fingerprint density at radius 2 is 0.676 bits per heavy atom. The fourth-order valence-electron chi connectivity index (χ4n) is 8.56. The zero-order valence-corrected chi connectivity index (χ0v) is 39.8. The third-order valence-electron chi connectivity index (χ3n) is 12.2. The van der Waals surface area contributed by atoms with E-state index in [1.807, 2.05) is 121 Å². The lowest BCUT2D eigenvalue weighted by molar-refractivity contribution is 0.0682. The van der Waals surface area contributed by atoms with Gasteiger partial charge in [0.2, 0.25) is 0 Å². The van der Waals surface area contributed by atoms with E-state index in [0.29, 0.717) is 44.1 Å². The summed E-state index contributed by atoms with van der Waals surface area (Å²) in [7, 11) is 0. The van der Waals surface area contributed by atoms with Crippen molar-refractivity contribution in [3.05, 3.63) is 262 Å². The molecule has 74 heavy (non-hydrogen) atoms. The first-order chi connectivity index (χ1) is 35.1. The number of rotatable bonds is 8. The molecule has 0 saturated carbocycles.